The van der Waals surface area contributed by atoms with Crippen LogP contribution in [0.5, 0.6) is 0 Å². The van der Waals surface area contributed by atoms with Crippen LogP contribution in [0, 0.1) is 0 Å². The predicted octanol–water partition coefficient (Wildman–Crippen LogP) is 1.17. The molecule has 1 fully saturated rings. The second-order valence-electron chi connectivity index (χ2n) is 6.46. The van der Waals surface area contributed by atoms with Crippen LogP contribution < -0.4 is 10.6 Å². The normalized spacial score (nSPS) is 19.4. The Morgan fingerprint density at radius 2 is 2.19 bits per heavy atom. The van der Waals surface area contributed by atoms with E-state index in [1.807, 2.05) is 36.0 Å². The van der Waals surface area contributed by atoms with Crippen molar-refractivity contribution in [2.45, 2.75) is 32.5 Å². The minimum atomic E-state index is -2.91. The van der Waals surface area contributed by atoms with E-state index < -0.39 is 9.84 Å². The maximum Gasteiger partial charge on any atom is 0.191 e. The van der Waals surface area contributed by atoms with Crippen LogP contribution in [0.1, 0.15) is 24.5 Å². The van der Waals surface area contributed by atoms with Gasteiger partial charge < -0.3 is 10.6 Å². The van der Waals surface area contributed by atoms with Crippen LogP contribution in [-0.2, 0) is 22.9 Å². The van der Waals surface area contributed by atoms with Crippen LogP contribution in [-0.4, -0.2) is 48.3 Å². The monoisotopic (exact) mass is 375 g/mol. The molecule has 0 aliphatic carbocycles. The van der Waals surface area contributed by atoms with Gasteiger partial charge in [-0.25, -0.2) is 13.4 Å². The van der Waals surface area contributed by atoms with E-state index in [1.54, 1.807) is 6.20 Å². The van der Waals surface area contributed by atoms with Gasteiger partial charge in [-0.2, -0.15) is 5.10 Å². The van der Waals surface area contributed by atoms with Crippen molar-refractivity contribution in [2.75, 3.05) is 18.1 Å². The Morgan fingerprint density at radius 1 is 1.35 bits per heavy atom. The maximum absolute atomic E-state index is 11.6. The molecule has 1 aromatic heterocycles. The molecule has 1 aliphatic rings. The molecule has 140 valence electrons. The first-order valence-corrected chi connectivity index (χ1v) is 10.7. The van der Waals surface area contributed by atoms with E-state index in [1.165, 1.54) is 5.56 Å². The largest absolute Gasteiger partial charge is 0.357 e. The van der Waals surface area contributed by atoms with E-state index >= 15 is 0 Å². The summed E-state index contributed by atoms with van der Waals surface area (Å²) in [5.41, 5.74) is 2.27. The molecule has 0 amide bonds. The van der Waals surface area contributed by atoms with E-state index in [9.17, 15) is 8.42 Å². The minimum Gasteiger partial charge on any atom is -0.357 e. The fraction of sp³-hybridized carbons (Fsp3) is 0.444. The molecule has 26 heavy (non-hydrogen) atoms. The van der Waals surface area contributed by atoms with Crippen LogP contribution in [0.25, 0.3) is 0 Å². The Bertz CT molecular complexity index is 846. The number of nitrogens with one attached hydrogen (secondary N) is 2. The number of aliphatic imine (C=N–C) groups is 1. The van der Waals surface area contributed by atoms with Crippen LogP contribution in [0.4, 0.5) is 0 Å². The van der Waals surface area contributed by atoms with E-state index in [2.05, 4.69) is 32.9 Å². The molecule has 7 nitrogen and oxygen atoms in total. The summed E-state index contributed by atoms with van der Waals surface area (Å²) < 4.78 is 25.1. The maximum atomic E-state index is 11.6. The highest BCUT2D eigenvalue weighted by Crippen LogP contribution is 2.12. The van der Waals surface area contributed by atoms with Crippen LogP contribution in [0.3, 0.4) is 0 Å². The average molecular weight is 375 g/mol. The average Bonchev–Trinajstić information content (AvgIpc) is 3.22. The highest BCUT2D eigenvalue weighted by molar-refractivity contribution is 7.91. The van der Waals surface area contributed by atoms with E-state index in [-0.39, 0.29) is 17.5 Å². The number of rotatable bonds is 6. The Morgan fingerprint density at radius 3 is 2.88 bits per heavy atom. The van der Waals surface area contributed by atoms with Gasteiger partial charge in [0.2, 0.25) is 0 Å². The summed E-state index contributed by atoms with van der Waals surface area (Å²) in [6, 6.07) is 10.1. The minimum absolute atomic E-state index is 0.0658. The zero-order valence-corrected chi connectivity index (χ0v) is 15.7. The lowest BCUT2D eigenvalue weighted by molar-refractivity contribution is 0.599. The molecule has 2 N–H and O–H groups in total. The highest BCUT2D eigenvalue weighted by atomic mass is 32.2. The molecule has 1 aromatic carbocycles. The van der Waals surface area contributed by atoms with E-state index in [4.69, 9.17) is 0 Å². The Labute approximate surface area is 154 Å². The van der Waals surface area contributed by atoms with Crippen molar-refractivity contribution < 1.29 is 8.42 Å². The van der Waals surface area contributed by atoms with Gasteiger partial charge in [0.1, 0.15) is 0 Å². The molecule has 0 saturated carbocycles. The van der Waals surface area contributed by atoms with Gasteiger partial charge in [-0.3, -0.25) is 4.68 Å². The van der Waals surface area contributed by atoms with Gasteiger partial charge in [0.05, 0.1) is 24.6 Å². The van der Waals surface area contributed by atoms with E-state index in [0.29, 0.717) is 18.9 Å². The van der Waals surface area contributed by atoms with Crippen molar-refractivity contribution in [2.24, 2.45) is 4.99 Å². The zero-order chi connectivity index (χ0) is 18.4. The number of hydrogen-bond donors (Lipinski definition) is 2. The third-order valence-corrected chi connectivity index (χ3v) is 6.00. The fourth-order valence-corrected chi connectivity index (χ4v) is 4.67. The van der Waals surface area contributed by atoms with Gasteiger partial charge in [-0.15, -0.1) is 0 Å². The van der Waals surface area contributed by atoms with Crippen molar-refractivity contribution in [1.29, 1.82) is 0 Å². The summed E-state index contributed by atoms with van der Waals surface area (Å²) in [6.45, 7) is 3.97. The van der Waals surface area contributed by atoms with Gasteiger partial charge in [-0.05, 0) is 30.5 Å². The van der Waals surface area contributed by atoms with E-state index in [0.717, 1.165) is 18.7 Å². The molecule has 8 heteroatoms. The van der Waals surface area contributed by atoms with Gasteiger partial charge in [0, 0.05) is 25.0 Å². The third kappa shape index (κ3) is 5.32. The summed E-state index contributed by atoms with van der Waals surface area (Å²) in [5, 5.41) is 10.7. The molecular weight excluding hydrogens is 350 g/mol. The second kappa shape index (κ2) is 8.35. The fourth-order valence-electron chi connectivity index (χ4n) is 3.00. The first-order valence-electron chi connectivity index (χ1n) is 8.84. The lowest BCUT2D eigenvalue weighted by Crippen LogP contribution is -2.44. The quantitative estimate of drug-likeness (QED) is 0.585. The summed E-state index contributed by atoms with van der Waals surface area (Å²) in [4.78, 5) is 4.61. The Balaban J connectivity index is 1.63. The molecule has 0 bridgehead atoms. The lowest BCUT2D eigenvalue weighted by Gasteiger charge is -2.16. The molecule has 2 aromatic rings. The smallest absolute Gasteiger partial charge is 0.191 e. The first kappa shape index (κ1) is 18.4. The van der Waals surface area contributed by atoms with Gasteiger partial charge >= 0.3 is 0 Å². The molecule has 2 heterocycles. The summed E-state index contributed by atoms with van der Waals surface area (Å²) in [5.74, 6) is 1.09. The molecule has 3 rings (SSSR count). The topological polar surface area (TPSA) is 88.4 Å². The highest BCUT2D eigenvalue weighted by Gasteiger charge is 2.28. The molecule has 1 aliphatic heterocycles. The Hall–Kier alpha value is -2.35. The number of aromatic nitrogens is 2. The molecule has 1 saturated heterocycles. The zero-order valence-electron chi connectivity index (χ0n) is 14.9. The van der Waals surface area contributed by atoms with Gasteiger partial charge in [0.15, 0.2) is 15.8 Å². The molecule has 0 spiro atoms. The summed E-state index contributed by atoms with van der Waals surface area (Å²) >= 11 is 0. The van der Waals surface area contributed by atoms with Gasteiger partial charge in [0.25, 0.3) is 0 Å². The molecule has 1 unspecified atom stereocenters. The predicted molar refractivity (Wildman–Crippen MR) is 103 cm³/mol. The summed E-state index contributed by atoms with van der Waals surface area (Å²) in [7, 11) is -2.91. The number of nitrogens with zero attached hydrogens (tertiary/aromatic N) is 3. The molecule has 1 atom stereocenters. The van der Waals surface area contributed by atoms with Crippen molar-refractivity contribution in [3.05, 3.63) is 53.9 Å². The number of sulfone groups is 1. The SMILES string of the molecule is CCNC(=NCc1cccc(Cn2cccn2)c1)NC1CCS(=O)(=O)C1. The first-order chi connectivity index (χ1) is 12.5. The lowest BCUT2D eigenvalue weighted by atomic mass is 10.1. The molecule has 0 radical (unpaired) electrons. The van der Waals surface area contributed by atoms with Crippen molar-refractivity contribution in [3.63, 3.8) is 0 Å². The van der Waals surface area contributed by atoms with Crippen molar-refractivity contribution in [3.8, 4) is 0 Å². The number of benzene rings is 1. The summed E-state index contributed by atoms with van der Waals surface area (Å²) in [6.07, 6.45) is 4.34. The van der Waals surface area contributed by atoms with Crippen LogP contribution in [0.15, 0.2) is 47.7 Å². The van der Waals surface area contributed by atoms with Crippen molar-refractivity contribution >= 4 is 15.8 Å². The van der Waals surface area contributed by atoms with Gasteiger partial charge in [-0.1, -0.05) is 24.3 Å². The Kier molecular flexibility index (Phi) is 5.92. The third-order valence-electron chi connectivity index (χ3n) is 4.23. The van der Waals surface area contributed by atoms with Crippen LogP contribution in [0.2, 0.25) is 0 Å². The number of hydrogen-bond acceptors (Lipinski definition) is 4. The second-order valence-corrected chi connectivity index (χ2v) is 8.69. The number of guanidine groups is 1. The van der Waals surface area contributed by atoms with Crippen molar-refractivity contribution in [1.82, 2.24) is 20.4 Å². The van der Waals surface area contributed by atoms with Crippen LogP contribution >= 0.6 is 0 Å². The standard InChI is InChI=1S/C18H25N5O2S/c1-2-19-18(22-17-7-10-26(24,25)14-17)20-12-15-5-3-6-16(11-15)13-23-9-4-8-21-23/h3-6,8-9,11,17H,2,7,10,12-14H2,1H3,(H2,19,20,22). The molecular formula is C18H25N5O2S.